The van der Waals surface area contributed by atoms with E-state index in [0.717, 1.165) is 12.8 Å². The number of hydrogen-bond acceptors (Lipinski definition) is 2. The molecule has 4 rings (SSSR count). The third-order valence-corrected chi connectivity index (χ3v) is 4.03. The van der Waals surface area contributed by atoms with Gasteiger partial charge in [-0.05, 0) is 42.7 Å². The summed E-state index contributed by atoms with van der Waals surface area (Å²) >= 11 is 0. The van der Waals surface area contributed by atoms with Crippen molar-refractivity contribution >= 4 is 17.1 Å². The molecule has 0 spiro atoms. The molecule has 0 unspecified atom stereocenters. The third kappa shape index (κ3) is 1.43. The number of allylic oxidation sites excluding steroid dienone is 1. The summed E-state index contributed by atoms with van der Waals surface area (Å²) < 4.78 is 0. The van der Waals surface area contributed by atoms with Gasteiger partial charge in [0, 0.05) is 7.05 Å². The second-order valence-electron chi connectivity index (χ2n) is 5.11. The molecule has 2 heteroatoms. The van der Waals surface area contributed by atoms with E-state index in [2.05, 4.69) is 71.5 Å². The smallest absolute Gasteiger partial charge is 0.113 e. The molecule has 0 N–H and O–H groups in total. The zero-order valence-corrected chi connectivity index (χ0v) is 11.0. The largest absolute Gasteiger partial charge is 0.329 e. The van der Waals surface area contributed by atoms with E-state index in [9.17, 15) is 0 Å². The Balaban J connectivity index is 1.99. The average Bonchev–Trinajstić information content (AvgIpc) is 2.62. The van der Waals surface area contributed by atoms with Crippen molar-refractivity contribution in [3.05, 3.63) is 66.0 Å². The Kier molecular flexibility index (Phi) is 2.18. The minimum absolute atomic E-state index is 1.10. The predicted molar refractivity (Wildman–Crippen MR) is 79.8 cm³/mol. The standard InChI is InChI=1S/C17H16N2/c1-18-15-10-4-5-11-16(15)19-14-9-3-2-7-13(14)8-6-12-17(18)19/h2-5,7,9-12H,6,8H2,1H3. The Morgan fingerprint density at radius 3 is 2.37 bits per heavy atom. The number of fused-ring (bicyclic) bond motifs is 5. The van der Waals surface area contributed by atoms with E-state index in [1.807, 2.05) is 0 Å². The molecule has 2 nitrogen and oxygen atoms in total. The second kappa shape index (κ2) is 3.89. The van der Waals surface area contributed by atoms with Crippen molar-refractivity contribution in [1.29, 1.82) is 0 Å². The fraction of sp³-hybridized carbons (Fsp3) is 0.176. The third-order valence-electron chi connectivity index (χ3n) is 4.03. The highest BCUT2D eigenvalue weighted by molar-refractivity contribution is 5.89. The lowest BCUT2D eigenvalue weighted by atomic mass is 10.1. The van der Waals surface area contributed by atoms with Crippen LogP contribution in [0.2, 0.25) is 0 Å². The van der Waals surface area contributed by atoms with Gasteiger partial charge in [-0.3, -0.25) is 4.90 Å². The SMILES string of the molecule is CN1C2=CCCc3ccccc3N2c2ccccc21. The molecule has 0 saturated carbocycles. The van der Waals surface area contributed by atoms with Crippen LogP contribution in [0.15, 0.2) is 60.4 Å². The highest BCUT2D eigenvalue weighted by atomic mass is 15.4. The Morgan fingerprint density at radius 1 is 0.842 bits per heavy atom. The lowest BCUT2D eigenvalue weighted by molar-refractivity contribution is 0.999. The maximum Gasteiger partial charge on any atom is 0.113 e. The van der Waals surface area contributed by atoms with Crippen molar-refractivity contribution in [2.45, 2.75) is 12.8 Å². The molecule has 94 valence electrons. The molecule has 2 aliphatic rings. The molecular formula is C17H16N2. The fourth-order valence-corrected chi connectivity index (χ4v) is 3.11. The van der Waals surface area contributed by atoms with E-state index in [1.165, 1.54) is 28.4 Å². The lowest BCUT2D eigenvalue weighted by Crippen LogP contribution is -2.21. The van der Waals surface area contributed by atoms with E-state index < -0.39 is 0 Å². The molecule has 0 aromatic heterocycles. The monoisotopic (exact) mass is 248 g/mol. The molecular weight excluding hydrogens is 232 g/mol. The van der Waals surface area contributed by atoms with Crippen LogP contribution in [-0.2, 0) is 6.42 Å². The highest BCUT2D eigenvalue weighted by Gasteiger charge is 2.31. The minimum atomic E-state index is 1.10. The van der Waals surface area contributed by atoms with E-state index in [1.54, 1.807) is 0 Å². The maximum atomic E-state index is 2.39. The van der Waals surface area contributed by atoms with E-state index in [4.69, 9.17) is 0 Å². The van der Waals surface area contributed by atoms with Gasteiger partial charge in [0.05, 0.1) is 17.1 Å². The normalized spacial score (nSPS) is 16.4. The van der Waals surface area contributed by atoms with Crippen molar-refractivity contribution in [2.24, 2.45) is 0 Å². The van der Waals surface area contributed by atoms with Crippen LogP contribution in [0, 0.1) is 0 Å². The number of rotatable bonds is 0. The van der Waals surface area contributed by atoms with Gasteiger partial charge in [-0.1, -0.05) is 30.3 Å². The molecule has 0 saturated heterocycles. The van der Waals surface area contributed by atoms with Crippen molar-refractivity contribution in [2.75, 3.05) is 16.8 Å². The van der Waals surface area contributed by atoms with Gasteiger partial charge in [0.25, 0.3) is 0 Å². The second-order valence-corrected chi connectivity index (χ2v) is 5.11. The zero-order valence-electron chi connectivity index (χ0n) is 11.0. The van der Waals surface area contributed by atoms with Crippen molar-refractivity contribution in [3.8, 4) is 0 Å². The molecule has 0 radical (unpaired) electrons. The van der Waals surface area contributed by atoms with Crippen LogP contribution in [0.3, 0.4) is 0 Å². The van der Waals surface area contributed by atoms with Crippen LogP contribution in [-0.4, -0.2) is 7.05 Å². The fourth-order valence-electron chi connectivity index (χ4n) is 3.11. The van der Waals surface area contributed by atoms with Crippen LogP contribution < -0.4 is 9.80 Å². The molecule has 0 atom stereocenters. The number of benzene rings is 2. The molecule has 0 aliphatic carbocycles. The predicted octanol–water partition coefficient (Wildman–Crippen LogP) is 4.06. The Hall–Kier alpha value is -2.22. The summed E-state index contributed by atoms with van der Waals surface area (Å²) in [6.07, 6.45) is 4.56. The number of anilines is 3. The first-order valence-electron chi connectivity index (χ1n) is 6.77. The zero-order chi connectivity index (χ0) is 12.8. The van der Waals surface area contributed by atoms with Crippen LogP contribution in [0.5, 0.6) is 0 Å². The number of para-hydroxylation sites is 3. The summed E-state index contributed by atoms with van der Waals surface area (Å²) in [5.74, 6) is 1.28. The molecule has 2 aromatic rings. The Morgan fingerprint density at radius 2 is 1.53 bits per heavy atom. The summed E-state index contributed by atoms with van der Waals surface area (Å²) in [5.41, 5.74) is 5.32. The van der Waals surface area contributed by atoms with Gasteiger partial charge >= 0.3 is 0 Å². The van der Waals surface area contributed by atoms with Gasteiger partial charge in [0.2, 0.25) is 0 Å². The molecule has 19 heavy (non-hydrogen) atoms. The van der Waals surface area contributed by atoms with Crippen LogP contribution in [0.25, 0.3) is 0 Å². The highest BCUT2D eigenvalue weighted by Crippen LogP contribution is 2.47. The van der Waals surface area contributed by atoms with Gasteiger partial charge in [-0.2, -0.15) is 0 Å². The van der Waals surface area contributed by atoms with Crippen molar-refractivity contribution in [1.82, 2.24) is 0 Å². The first-order valence-corrected chi connectivity index (χ1v) is 6.77. The van der Waals surface area contributed by atoms with Gasteiger partial charge in [0.1, 0.15) is 5.82 Å². The number of nitrogens with zero attached hydrogens (tertiary/aromatic N) is 2. The molecule has 0 fully saturated rings. The lowest BCUT2D eigenvalue weighted by Gasteiger charge is -2.23. The quantitative estimate of drug-likeness (QED) is 0.693. The van der Waals surface area contributed by atoms with E-state index in [0.29, 0.717) is 0 Å². The molecule has 2 aliphatic heterocycles. The van der Waals surface area contributed by atoms with Crippen molar-refractivity contribution < 1.29 is 0 Å². The summed E-state index contributed by atoms with van der Waals surface area (Å²) in [7, 11) is 2.15. The Labute approximate surface area is 113 Å². The van der Waals surface area contributed by atoms with E-state index >= 15 is 0 Å². The molecule has 2 heterocycles. The summed E-state index contributed by atoms with van der Waals surface area (Å²) in [6, 6.07) is 17.3. The van der Waals surface area contributed by atoms with Crippen LogP contribution in [0.1, 0.15) is 12.0 Å². The summed E-state index contributed by atoms with van der Waals surface area (Å²) in [4.78, 5) is 4.68. The summed E-state index contributed by atoms with van der Waals surface area (Å²) in [6.45, 7) is 0. The topological polar surface area (TPSA) is 6.48 Å². The van der Waals surface area contributed by atoms with Gasteiger partial charge < -0.3 is 4.90 Å². The first-order chi connectivity index (χ1) is 9.36. The van der Waals surface area contributed by atoms with Gasteiger partial charge in [-0.25, -0.2) is 0 Å². The maximum absolute atomic E-state index is 2.39. The number of aryl methyl sites for hydroxylation is 1. The minimum Gasteiger partial charge on any atom is -0.329 e. The van der Waals surface area contributed by atoms with Crippen molar-refractivity contribution in [3.63, 3.8) is 0 Å². The molecule has 0 bridgehead atoms. The molecule has 0 amide bonds. The molecule has 2 aromatic carbocycles. The summed E-state index contributed by atoms with van der Waals surface area (Å²) in [5, 5.41) is 0. The van der Waals surface area contributed by atoms with Crippen LogP contribution >= 0.6 is 0 Å². The van der Waals surface area contributed by atoms with Crippen LogP contribution in [0.4, 0.5) is 17.1 Å². The number of hydrogen-bond donors (Lipinski definition) is 0. The average molecular weight is 248 g/mol. The van der Waals surface area contributed by atoms with Gasteiger partial charge in [-0.15, -0.1) is 0 Å². The Bertz CT molecular complexity index is 672. The first kappa shape index (κ1) is 10.7. The van der Waals surface area contributed by atoms with E-state index in [-0.39, 0.29) is 0 Å². The van der Waals surface area contributed by atoms with Gasteiger partial charge in [0.15, 0.2) is 0 Å².